The summed E-state index contributed by atoms with van der Waals surface area (Å²) in [6.07, 6.45) is 4.92. The Morgan fingerprint density at radius 1 is 1.06 bits per heavy atom. The number of hydrogen-bond donors (Lipinski definition) is 3. The molecule has 0 bridgehead atoms. The van der Waals surface area contributed by atoms with E-state index in [9.17, 15) is 14.4 Å². The van der Waals surface area contributed by atoms with E-state index in [1.807, 2.05) is 0 Å². The number of pyridine rings is 1. The number of carbonyl (C=O) groups is 3. The topological polar surface area (TPSA) is 103 Å². The first-order valence-electron chi connectivity index (χ1n) is 10.4. The number of nitrogens with one attached hydrogen (secondary N) is 3. The molecule has 1 saturated heterocycles. The van der Waals surface area contributed by atoms with E-state index in [0.29, 0.717) is 41.6 Å². The van der Waals surface area contributed by atoms with Crippen LogP contribution in [0.25, 0.3) is 0 Å². The van der Waals surface area contributed by atoms with Crippen LogP contribution in [0.5, 0.6) is 0 Å². The number of halogens is 1. The van der Waals surface area contributed by atoms with Gasteiger partial charge in [0.05, 0.1) is 10.9 Å². The average molecular weight is 442 g/mol. The van der Waals surface area contributed by atoms with Gasteiger partial charge in [-0.15, -0.1) is 0 Å². The number of nitrogens with zero attached hydrogens (tertiary/aromatic N) is 2. The number of amides is 4. The highest BCUT2D eigenvalue weighted by molar-refractivity contribution is 6.30. The number of piperidine rings is 1. The van der Waals surface area contributed by atoms with Crippen molar-refractivity contribution in [3.63, 3.8) is 0 Å². The first-order valence-corrected chi connectivity index (χ1v) is 10.7. The molecule has 2 heterocycles. The van der Waals surface area contributed by atoms with E-state index in [1.54, 1.807) is 41.3 Å². The van der Waals surface area contributed by atoms with Crippen molar-refractivity contribution in [2.45, 2.75) is 31.7 Å². The Morgan fingerprint density at radius 3 is 2.65 bits per heavy atom. The summed E-state index contributed by atoms with van der Waals surface area (Å²) >= 11 is 5.83. The van der Waals surface area contributed by atoms with Crippen LogP contribution in [0, 0.1) is 5.92 Å². The van der Waals surface area contributed by atoms with Crippen LogP contribution >= 0.6 is 11.6 Å². The van der Waals surface area contributed by atoms with Gasteiger partial charge in [-0.1, -0.05) is 17.7 Å². The van der Waals surface area contributed by atoms with E-state index in [0.717, 1.165) is 19.3 Å². The van der Waals surface area contributed by atoms with E-state index >= 15 is 0 Å². The fraction of sp³-hybridized carbons (Fsp3) is 0.364. The summed E-state index contributed by atoms with van der Waals surface area (Å²) < 4.78 is 0. The van der Waals surface area contributed by atoms with Crippen LogP contribution in [0.1, 0.15) is 36.0 Å². The molecule has 3 N–H and O–H groups in total. The second kappa shape index (κ2) is 9.34. The van der Waals surface area contributed by atoms with Gasteiger partial charge in [0.15, 0.2) is 0 Å². The molecule has 4 amide bonds. The highest BCUT2D eigenvalue weighted by Gasteiger charge is 2.29. The molecule has 0 spiro atoms. The van der Waals surface area contributed by atoms with E-state index in [-0.39, 0.29) is 29.8 Å². The summed E-state index contributed by atoms with van der Waals surface area (Å²) in [5.41, 5.74) is 1.04. The zero-order valence-corrected chi connectivity index (χ0v) is 17.7. The molecule has 1 aromatic carbocycles. The zero-order valence-electron chi connectivity index (χ0n) is 16.9. The van der Waals surface area contributed by atoms with Gasteiger partial charge >= 0.3 is 6.03 Å². The fourth-order valence-corrected chi connectivity index (χ4v) is 3.66. The quantitative estimate of drug-likeness (QED) is 0.660. The summed E-state index contributed by atoms with van der Waals surface area (Å²) in [5.74, 6) is -0.213. The number of urea groups is 1. The van der Waals surface area contributed by atoms with Crippen LogP contribution < -0.4 is 16.0 Å². The number of anilines is 2. The van der Waals surface area contributed by atoms with Gasteiger partial charge in [-0.2, -0.15) is 0 Å². The average Bonchev–Trinajstić information content (AvgIpc) is 3.59. The number of carbonyl (C=O) groups excluding carboxylic acids is 3. The molecular formula is C22H24ClN5O3. The smallest absolute Gasteiger partial charge is 0.319 e. The number of benzene rings is 1. The standard InChI is InChI=1S/C22H24ClN5O3/c23-16-6-9-19(24-12-16)27-20(29)15-4-2-10-28(13-15)21(30)14-3-1-5-18(11-14)26-22(31)25-17-7-8-17/h1,3,5-6,9,11-12,15,17H,2,4,7-8,10,13H2,(H,24,27,29)(H2,25,26,31). The van der Waals surface area contributed by atoms with Crippen molar-refractivity contribution in [1.29, 1.82) is 0 Å². The highest BCUT2D eigenvalue weighted by atomic mass is 35.5. The van der Waals surface area contributed by atoms with Crippen LogP contribution in [0.4, 0.5) is 16.3 Å². The minimum absolute atomic E-state index is 0.159. The number of likely N-dealkylation sites (tertiary alicyclic amines) is 1. The Balaban J connectivity index is 1.36. The molecule has 2 aromatic rings. The third-order valence-electron chi connectivity index (χ3n) is 5.34. The normalized spacial score (nSPS) is 18.2. The van der Waals surface area contributed by atoms with Crippen LogP contribution in [0.2, 0.25) is 5.02 Å². The molecule has 162 valence electrons. The number of hydrogen-bond acceptors (Lipinski definition) is 4. The number of rotatable bonds is 5. The Kier molecular flexibility index (Phi) is 6.36. The van der Waals surface area contributed by atoms with Gasteiger partial charge in [-0.05, 0) is 56.0 Å². The molecule has 1 aliphatic heterocycles. The molecule has 1 saturated carbocycles. The summed E-state index contributed by atoms with van der Waals surface area (Å²) in [6.45, 7) is 0.916. The van der Waals surface area contributed by atoms with Crippen molar-refractivity contribution in [1.82, 2.24) is 15.2 Å². The summed E-state index contributed by atoms with van der Waals surface area (Å²) in [5, 5.41) is 8.90. The second-order valence-electron chi connectivity index (χ2n) is 7.89. The van der Waals surface area contributed by atoms with Crippen molar-refractivity contribution in [3.05, 3.63) is 53.2 Å². The molecule has 1 aromatic heterocycles. The maximum absolute atomic E-state index is 13.0. The summed E-state index contributed by atoms with van der Waals surface area (Å²) in [6, 6.07) is 10.2. The van der Waals surface area contributed by atoms with Gasteiger partial charge in [0.2, 0.25) is 5.91 Å². The molecule has 2 fully saturated rings. The first kappa shape index (κ1) is 21.1. The Bertz CT molecular complexity index is 977. The Labute approximate surface area is 185 Å². The van der Waals surface area contributed by atoms with Crippen LogP contribution in [0.3, 0.4) is 0 Å². The maximum Gasteiger partial charge on any atom is 0.319 e. The summed E-state index contributed by atoms with van der Waals surface area (Å²) in [7, 11) is 0. The minimum Gasteiger partial charge on any atom is -0.338 e. The van der Waals surface area contributed by atoms with Gasteiger partial charge in [0.1, 0.15) is 5.82 Å². The van der Waals surface area contributed by atoms with Crippen molar-refractivity contribution in [2.75, 3.05) is 23.7 Å². The van der Waals surface area contributed by atoms with Gasteiger partial charge < -0.3 is 20.9 Å². The van der Waals surface area contributed by atoms with E-state index in [4.69, 9.17) is 11.6 Å². The first-order chi connectivity index (χ1) is 15.0. The zero-order chi connectivity index (χ0) is 21.8. The molecular weight excluding hydrogens is 418 g/mol. The van der Waals surface area contributed by atoms with Crippen LogP contribution in [-0.4, -0.2) is 46.9 Å². The van der Waals surface area contributed by atoms with Gasteiger partial charge in [-0.25, -0.2) is 9.78 Å². The Hall–Kier alpha value is -3.13. The van der Waals surface area contributed by atoms with E-state index in [1.165, 1.54) is 6.20 Å². The fourth-order valence-electron chi connectivity index (χ4n) is 3.55. The third kappa shape index (κ3) is 5.73. The lowest BCUT2D eigenvalue weighted by atomic mass is 9.96. The lowest BCUT2D eigenvalue weighted by Gasteiger charge is -2.32. The van der Waals surface area contributed by atoms with Crippen LogP contribution in [0.15, 0.2) is 42.6 Å². The third-order valence-corrected chi connectivity index (χ3v) is 5.56. The predicted molar refractivity (Wildman–Crippen MR) is 118 cm³/mol. The lowest BCUT2D eigenvalue weighted by molar-refractivity contribution is -0.121. The predicted octanol–water partition coefficient (Wildman–Crippen LogP) is 3.51. The molecule has 31 heavy (non-hydrogen) atoms. The number of aromatic nitrogens is 1. The molecule has 0 radical (unpaired) electrons. The SMILES string of the molecule is O=C(Nc1cccc(C(=O)N2CCCC(C(=O)Nc3ccc(Cl)cn3)C2)c1)NC1CC1. The molecule has 2 aliphatic rings. The van der Waals surface area contributed by atoms with Crippen molar-refractivity contribution < 1.29 is 14.4 Å². The van der Waals surface area contributed by atoms with Crippen molar-refractivity contribution in [3.8, 4) is 0 Å². The van der Waals surface area contributed by atoms with Crippen molar-refractivity contribution >= 4 is 41.0 Å². The van der Waals surface area contributed by atoms with Crippen LogP contribution in [-0.2, 0) is 4.79 Å². The minimum atomic E-state index is -0.319. The molecule has 4 rings (SSSR count). The molecule has 1 unspecified atom stereocenters. The Morgan fingerprint density at radius 2 is 1.90 bits per heavy atom. The maximum atomic E-state index is 13.0. The molecule has 8 nitrogen and oxygen atoms in total. The van der Waals surface area contributed by atoms with Gasteiger partial charge in [0.25, 0.3) is 5.91 Å². The van der Waals surface area contributed by atoms with Crippen molar-refractivity contribution in [2.24, 2.45) is 5.92 Å². The van der Waals surface area contributed by atoms with E-state index in [2.05, 4.69) is 20.9 Å². The molecule has 1 atom stereocenters. The van der Waals surface area contributed by atoms with Gasteiger partial charge in [-0.3, -0.25) is 9.59 Å². The van der Waals surface area contributed by atoms with Gasteiger partial charge in [0, 0.05) is 36.6 Å². The summed E-state index contributed by atoms with van der Waals surface area (Å²) in [4.78, 5) is 43.4. The largest absolute Gasteiger partial charge is 0.338 e. The highest BCUT2D eigenvalue weighted by Crippen LogP contribution is 2.22. The monoisotopic (exact) mass is 441 g/mol. The lowest BCUT2D eigenvalue weighted by Crippen LogP contribution is -2.43. The van der Waals surface area contributed by atoms with E-state index < -0.39 is 0 Å². The molecule has 9 heteroatoms. The second-order valence-corrected chi connectivity index (χ2v) is 8.33. The molecule has 1 aliphatic carbocycles.